The van der Waals surface area contributed by atoms with Crippen LogP contribution in [0.5, 0.6) is 5.75 Å². The van der Waals surface area contributed by atoms with Crippen LogP contribution >= 0.6 is 11.6 Å². The van der Waals surface area contributed by atoms with E-state index in [2.05, 4.69) is 11.4 Å². The third-order valence-electron chi connectivity index (χ3n) is 3.24. The first kappa shape index (κ1) is 16.9. The summed E-state index contributed by atoms with van der Waals surface area (Å²) >= 11 is 6.14. The number of hydrogen-bond acceptors (Lipinski definition) is 3. The van der Waals surface area contributed by atoms with Gasteiger partial charge in [-0.3, -0.25) is 4.79 Å². The van der Waals surface area contributed by atoms with E-state index in [1.807, 2.05) is 19.9 Å². The molecule has 0 unspecified atom stereocenters. The Bertz CT molecular complexity index is 726. The minimum absolute atomic E-state index is 0.121. The lowest BCUT2D eigenvalue weighted by molar-refractivity contribution is -0.118. The van der Waals surface area contributed by atoms with E-state index in [-0.39, 0.29) is 12.5 Å². The molecule has 23 heavy (non-hydrogen) atoms. The first-order valence-electron chi connectivity index (χ1n) is 7.15. The van der Waals surface area contributed by atoms with E-state index in [1.165, 1.54) is 0 Å². The molecule has 0 heterocycles. The Morgan fingerprint density at radius 1 is 1.26 bits per heavy atom. The number of rotatable bonds is 5. The van der Waals surface area contributed by atoms with Crippen molar-refractivity contribution in [3.8, 4) is 11.8 Å². The number of ether oxygens (including phenoxy) is 1. The summed E-state index contributed by atoms with van der Waals surface area (Å²) in [6.45, 7) is 3.72. The van der Waals surface area contributed by atoms with Gasteiger partial charge in [0.2, 0.25) is 0 Å². The van der Waals surface area contributed by atoms with Crippen LogP contribution in [0.2, 0.25) is 5.02 Å². The van der Waals surface area contributed by atoms with Crippen molar-refractivity contribution >= 4 is 23.2 Å². The second-order valence-electron chi connectivity index (χ2n) is 5.26. The number of carbonyl (C=O) groups is 1. The fourth-order valence-electron chi connectivity index (χ4n) is 2.22. The molecule has 0 saturated heterocycles. The monoisotopic (exact) mass is 328 g/mol. The number of anilines is 1. The van der Waals surface area contributed by atoms with Crippen molar-refractivity contribution in [1.82, 2.24) is 0 Å². The van der Waals surface area contributed by atoms with E-state index in [1.54, 1.807) is 30.3 Å². The summed E-state index contributed by atoms with van der Waals surface area (Å²) in [5.41, 5.74) is 3.50. The lowest BCUT2D eigenvalue weighted by Gasteiger charge is -2.12. The first-order valence-corrected chi connectivity index (χ1v) is 7.52. The van der Waals surface area contributed by atoms with Gasteiger partial charge in [-0.05, 0) is 48.7 Å². The number of hydrogen-bond donors (Lipinski definition) is 1. The zero-order chi connectivity index (χ0) is 16.8. The lowest BCUT2D eigenvalue weighted by atomic mass is 10.1. The fourth-order valence-corrected chi connectivity index (χ4v) is 2.59. The lowest BCUT2D eigenvalue weighted by Crippen LogP contribution is -2.20. The fraction of sp³-hybridized carbons (Fsp3) is 0.222. The normalized spacial score (nSPS) is 10.0. The summed E-state index contributed by atoms with van der Waals surface area (Å²) in [5, 5.41) is 11.9. The third kappa shape index (κ3) is 4.73. The van der Waals surface area contributed by atoms with Crippen molar-refractivity contribution in [2.45, 2.75) is 20.3 Å². The SMILES string of the molecule is Cc1cc(C)c(OCC(=O)Nc2ccc(CC#N)cc2)c(Cl)c1. The summed E-state index contributed by atoms with van der Waals surface area (Å²) in [6.07, 6.45) is 0.350. The Kier molecular flexibility index (Phi) is 5.61. The molecule has 1 amide bonds. The van der Waals surface area contributed by atoms with Gasteiger partial charge < -0.3 is 10.1 Å². The molecule has 4 nitrogen and oxygen atoms in total. The molecule has 5 heteroatoms. The molecule has 118 valence electrons. The van der Waals surface area contributed by atoms with Gasteiger partial charge in [-0.25, -0.2) is 0 Å². The molecule has 2 aromatic carbocycles. The van der Waals surface area contributed by atoms with Gasteiger partial charge >= 0.3 is 0 Å². The predicted octanol–water partition coefficient (Wildman–Crippen LogP) is 4.04. The minimum Gasteiger partial charge on any atom is -0.482 e. The van der Waals surface area contributed by atoms with Crippen LogP contribution in [0.4, 0.5) is 5.69 Å². The highest BCUT2D eigenvalue weighted by Gasteiger charge is 2.10. The highest BCUT2D eigenvalue weighted by molar-refractivity contribution is 6.32. The van der Waals surface area contributed by atoms with Gasteiger partial charge in [0.05, 0.1) is 17.5 Å². The Labute approximate surface area is 140 Å². The minimum atomic E-state index is -0.269. The summed E-state index contributed by atoms with van der Waals surface area (Å²) < 4.78 is 5.53. The molecule has 0 aliphatic heterocycles. The quantitative estimate of drug-likeness (QED) is 0.901. The van der Waals surface area contributed by atoms with Gasteiger partial charge in [-0.2, -0.15) is 5.26 Å². The average molecular weight is 329 g/mol. The van der Waals surface area contributed by atoms with Crippen LogP contribution in [-0.2, 0) is 11.2 Å². The average Bonchev–Trinajstić information content (AvgIpc) is 2.48. The number of carbonyl (C=O) groups excluding carboxylic acids is 1. The summed E-state index contributed by atoms with van der Waals surface area (Å²) in [7, 11) is 0. The van der Waals surface area contributed by atoms with Crippen LogP contribution in [-0.4, -0.2) is 12.5 Å². The van der Waals surface area contributed by atoms with E-state index in [4.69, 9.17) is 21.6 Å². The van der Waals surface area contributed by atoms with Gasteiger partial charge in [0.15, 0.2) is 6.61 Å². The Hall–Kier alpha value is -2.51. The molecular formula is C18H17ClN2O2. The number of amides is 1. The number of aryl methyl sites for hydroxylation is 2. The van der Waals surface area contributed by atoms with Crippen molar-refractivity contribution in [3.63, 3.8) is 0 Å². The van der Waals surface area contributed by atoms with Gasteiger partial charge in [-0.1, -0.05) is 29.8 Å². The number of benzene rings is 2. The van der Waals surface area contributed by atoms with Crippen molar-refractivity contribution in [3.05, 3.63) is 58.1 Å². The second-order valence-corrected chi connectivity index (χ2v) is 5.67. The number of halogens is 1. The molecule has 0 aliphatic rings. The van der Waals surface area contributed by atoms with Crippen molar-refractivity contribution in [2.24, 2.45) is 0 Å². The van der Waals surface area contributed by atoms with E-state index in [0.29, 0.717) is 22.9 Å². The zero-order valence-electron chi connectivity index (χ0n) is 13.0. The van der Waals surface area contributed by atoms with Crippen molar-refractivity contribution < 1.29 is 9.53 Å². The molecule has 0 saturated carbocycles. The maximum atomic E-state index is 12.0. The highest BCUT2D eigenvalue weighted by Crippen LogP contribution is 2.29. The molecule has 1 N–H and O–H groups in total. The summed E-state index contributed by atoms with van der Waals surface area (Å²) in [4.78, 5) is 12.0. The molecule has 0 bridgehead atoms. The van der Waals surface area contributed by atoms with E-state index >= 15 is 0 Å². The number of nitrogens with zero attached hydrogens (tertiary/aromatic N) is 1. The summed E-state index contributed by atoms with van der Waals surface area (Å²) in [5.74, 6) is 0.255. The smallest absolute Gasteiger partial charge is 0.262 e. The Balaban J connectivity index is 1.94. The van der Waals surface area contributed by atoms with Crippen LogP contribution in [0, 0.1) is 25.2 Å². The molecule has 0 fully saturated rings. The molecule has 0 atom stereocenters. The zero-order valence-corrected chi connectivity index (χ0v) is 13.8. The van der Waals surface area contributed by atoms with Crippen molar-refractivity contribution in [2.75, 3.05) is 11.9 Å². The predicted molar refractivity (Wildman–Crippen MR) is 90.8 cm³/mol. The largest absolute Gasteiger partial charge is 0.482 e. The Morgan fingerprint density at radius 3 is 2.57 bits per heavy atom. The van der Waals surface area contributed by atoms with E-state index in [9.17, 15) is 4.79 Å². The molecule has 0 aliphatic carbocycles. The van der Waals surface area contributed by atoms with Gasteiger partial charge in [0, 0.05) is 5.69 Å². The third-order valence-corrected chi connectivity index (χ3v) is 3.52. The van der Waals surface area contributed by atoms with Gasteiger partial charge in [0.1, 0.15) is 5.75 Å². The second kappa shape index (κ2) is 7.66. The van der Waals surface area contributed by atoms with Crippen molar-refractivity contribution in [1.29, 1.82) is 5.26 Å². The van der Waals surface area contributed by atoms with Crippen LogP contribution in [0.3, 0.4) is 0 Å². The molecule has 0 spiro atoms. The van der Waals surface area contributed by atoms with Crippen LogP contribution < -0.4 is 10.1 Å². The molecule has 0 radical (unpaired) electrons. The van der Waals surface area contributed by atoms with Crippen LogP contribution in [0.1, 0.15) is 16.7 Å². The topological polar surface area (TPSA) is 62.1 Å². The maximum absolute atomic E-state index is 12.0. The molecular weight excluding hydrogens is 312 g/mol. The number of nitrogens with one attached hydrogen (secondary N) is 1. The maximum Gasteiger partial charge on any atom is 0.262 e. The van der Waals surface area contributed by atoms with Crippen LogP contribution in [0.15, 0.2) is 36.4 Å². The molecule has 2 aromatic rings. The Morgan fingerprint density at radius 2 is 1.96 bits per heavy atom. The van der Waals surface area contributed by atoms with Gasteiger partial charge in [-0.15, -0.1) is 0 Å². The standard InChI is InChI=1S/C18H17ClN2O2/c1-12-9-13(2)18(16(19)10-12)23-11-17(22)21-15-5-3-14(4-6-15)7-8-20/h3-6,9-10H,7,11H2,1-2H3,(H,21,22). The van der Waals surface area contributed by atoms with Gasteiger partial charge in [0.25, 0.3) is 5.91 Å². The molecule has 0 aromatic heterocycles. The molecule has 2 rings (SSSR count). The first-order chi connectivity index (χ1) is 11.0. The highest BCUT2D eigenvalue weighted by atomic mass is 35.5. The van der Waals surface area contributed by atoms with E-state index in [0.717, 1.165) is 16.7 Å². The summed E-state index contributed by atoms with van der Waals surface area (Å²) in [6, 6.07) is 13.0. The van der Waals surface area contributed by atoms with E-state index < -0.39 is 0 Å². The van der Waals surface area contributed by atoms with Crippen LogP contribution in [0.25, 0.3) is 0 Å². The number of nitriles is 1.